The Bertz CT molecular complexity index is 594. The molecule has 94 valence electrons. The fourth-order valence-electron chi connectivity index (χ4n) is 2.12. The van der Waals surface area contributed by atoms with Gasteiger partial charge in [0.2, 0.25) is 0 Å². The van der Waals surface area contributed by atoms with Gasteiger partial charge in [0, 0.05) is 16.9 Å². The van der Waals surface area contributed by atoms with E-state index in [9.17, 15) is 4.79 Å². The number of hydrogen-bond donors (Lipinski definition) is 2. The number of H-pyrrole nitrogens is 1. The van der Waals surface area contributed by atoms with E-state index in [1.807, 2.05) is 6.07 Å². The molecule has 1 aromatic heterocycles. The summed E-state index contributed by atoms with van der Waals surface area (Å²) in [7, 11) is 0. The van der Waals surface area contributed by atoms with Gasteiger partial charge in [-0.15, -0.1) is 0 Å². The predicted molar refractivity (Wildman–Crippen MR) is 72.9 cm³/mol. The Morgan fingerprint density at radius 2 is 2.11 bits per heavy atom. The van der Waals surface area contributed by atoms with E-state index in [0.717, 1.165) is 23.7 Å². The van der Waals surface area contributed by atoms with Gasteiger partial charge >= 0.3 is 0 Å². The van der Waals surface area contributed by atoms with Crippen LogP contribution in [0.3, 0.4) is 0 Å². The Morgan fingerprint density at radius 3 is 2.78 bits per heavy atom. The largest absolute Gasteiger partial charge is 0.351 e. The van der Waals surface area contributed by atoms with Crippen molar-refractivity contribution in [2.24, 2.45) is 0 Å². The second-order valence-corrected chi connectivity index (χ2v) is 5.43. The molecule has 1 amide bonds. The summed E-state index contributed by atoms with van der Waals surface area (Å²) in [6.45, 7) is 4.34. The van der Waals surface area contributed by atoms with Crippen molar-refractivity contribution in [2.45, 2.75) is 38.6 Å². The minimum atomic E-state index is 0.0137. The van der Waals surface area contributed by atoms with Crippen molar-refractivity contribution < 1.29 is 4.79 Å². The van der Waals surface area contributed by atoms with Gasteiger partial charge in [-0.25, -0.2) is 0 Å². The van der Waals surface area contributed by atoms with Gasteiger partial charge in [0.25, 0.3) is 5.91 Å². The van der Waals surface area contributed by atoms with Crippen LogP contribution >= 0.6 is 0 Å². The second kappa shape index (κ2) is 4.16. The van der Waals surface area contributed by atoms with E-state index in [2.05, 4.69) is 42.3 Å². The number of nitrogens with one attached hydrogen (secondary N) is 2. The topological polar surface area (TPSA) is 44.9 Å². The smallest absolute Gasteiger partial charge is 0.267 e. The summed E-state index contributed by atoms with van der Waals surface area (Å²) in [4.78, 5) is 15.2. The highest BCUT2D eigenvalue weighted by atomic mass is 16.2. The van der Waals surface area contributed by atoms with Crippen LogP contribution in [0.4, 0.5) is 0 Å². The third-order valence-corrected chi connectivity index (χ3v) is 3.47. The van der Waals surface area contributed by atoms with Crippen LogP contribution in [0.1, 0.15) is 48.7 Å². The van der Waals surface area contributed by atoms with E-state index < -0.39 is 0 Å². The number of aromatic nitrogens is 1. The quantitative estimate of drug-likeness (QED) is 0.853. The average Bonchev–Trinajstić information content (AvgIpc) is 3.04. The van der Waals surface area contributed by atoms with Crippen LogP contribution in [0.25, 0.3) is 10.9 Å². The van der Waals surface area contributed by atoms with Crippen LogP contribution in [-0.4, -0.2) is 16.9 Å². The van der Waals surface area contributed by atoms with Crippen molar-refractivity contribution in [2.75, 3.05) is 0 Å². The number of hydrogen-bond acceptors (Lipinski definition) is 1. The van der Waals surface area contributed by atoms with Gasteiger partial charge in [-0.2, -0.15) is 0 Å². The maximum absolute atomic E-state index is 11.9. The highest BCUT2D eigenvalue weighted by Crippen LogP contribution is 2.23. The van der Waals surface area contributed by atoms with Crippen LogP contribution in [0.2, 0.25) is 0 Å². The molecule has 0 bridgehead atoms. The summed E-state index contributed by atoms with van der Waals surface area (Å²) in [6, 6.07) is 8.67. The van der Waals surface area contributed by atoms with Crippen LogP contribution < -0.4 is 5.32 Å². The predicted octanol–water partition coefficient (Wildman–Crippen LogP) is 3.18. The first-order chi connectivity index (χ1) is 8.63. The number of carbonyl (C=O) groups excluding carboxylic acids is 1. The maximum Gasteiger partial charge on any atom is 0.267 e. The number of fused-ring (bicyclic) bond motifs is 1. The van der Waals surface area contributed by atoms with Crippen molar-refractivity contribution in [3.8, 4) is 0 Å². The van der Waals surface area contributed by atoms with Gasteiger partial charge in [-0.05, 0) is 36.5 Å². The zero-order valence-corrected chi connectivity index (χ0v) is 10.8. The van der Waals surface area contributed by atoms with Gasteiger partial charge in [0.05, 0.1) is 0 Å². The summed E-state index contributed by atoms with van der Waals surface area (Å²) < 4.78 is 0. The van der Waals surface area contributed by atoms with Gasteiger partial charge in [0.15, 0.2) is 0 Å². The van der Waals surface area contributed by atoms with Crippen molar-refractivity contribution in [1.29, 1.82) is 0 Å². The Morgan fingerprint density at radius 1 is 1.33 bits per heavy atom. The van der Waals surface area contributed by atoms with Gasteiger partial charge in [-0.3, -0.25) is 4.79 Å². The van der Waals surface area contributed by atoms with Crippen molar-refractivity contribution in [3.05, 3.63) is 35.5 Å². The molecule has 18 heavy (non-hydrogen) atoms. The normalized spacial score (nSPS) is 15.3. The van der Waals surface area contributed by atoms with Crippen LogP contribution in [0, 0.1) is 0 Å². The van der Waals surface area contributed by atoms with E-state index in [-0.39, 0.29) is 5.91 Å². The second-order valence-electron chi connectivity index (χ2n) is 5.43. The fourth-order valence-corrected chi connectivity index (χ4v) is 2.12. The minimum absolute atomic E-state index is 0.0137. The van der Waals surface area contributed by atoms with E-state index in [4.69, 9.17) is 0 Å². The first kappa shape index (κ1) is 11.3. The van der Waals surface area contributed by atoms with Crippen LogP contribution in [0.5, 0.6) is 0 Å². The number of carbonyl (C=O) groups is 1. The molecule has 0 aliphatic heterocycles. The van der Waals surface area contributed by atoms with Crippen molar-refractivity contribution >= 4 is 16.8 Å². The summed E-state index contributed by atoms with van der Waals surface area (Å²) in [6.07, 6.45) is 2.23. The standard InChI is InChI=1S/C15H18N2O/c1-9(2)10-3-4-11-8-14(17-13(11)7-10)15(18)16-12-5-6-12/h3-4,7-9,12,17H,5-6H2,1-2H3,(H,16,18). The molecule has 0 spiro atoms. The van der Waals surface area contributed by atoms with Gasteiger partial charge < -0.3 is 10.3 Å². The van der Waals surface area contributed by atoms with E-state index in [1.165, 1.54) is 5.56 Å². The molecule has 1 aromatic carbocycles. The Kier molecular flexibility index (Phi) is 2.62. The third-order valence-electron chi connectivity index (χ3n) is 3.47. The zero-order valence-electron chi connectivity index (χ0n) is 10.8. The lowest BCUT2D eigenvalue weighted by Crippen LogP contribution is -2.25. The first-order valence-corrected chi connectivity index (χ1v) is 6.57. The third kappa shape index (κ3) is 2.13. The Hall–Kier alpha value is -1.77. The number of aromatic amines is 1. The lowest BCUT2D eigenvalue weighted by atomic mass is 10.0. The summed E-state index contributed by atoms with van der Waals surface area (Å²) in [5.74, 6) is 0.515. The summed E-state index contributed by atoms with van der Waals surface area (Å²) in [5.41, 5.74) is 3.00. The molecule has 1 fully saturated rings. The summed E-state index contributed by atoms with van der Waals surface area (Å²) >= 11 is 0. The Balaban J connectivity index is 1.92. The molecule has 1 aliphatic rings. The van der Waals surface area contributed by atoms with Gasteiger partial charge in [-0.1, -0.05) is 26.0 Å². The molecule has 1 saturated carbocycles. The van der Waals surface area contributed by atoms with E-state index >= 15 is 0 Å². The first-order valence-electron chi connectivity index (χ1n) is 6.57. The molecule has 0 atom stereocenters. The molecular formula is C15H18N2O. The molecule has 3 rings (SSSR count). The lowest BCUT2D eigenvalue weighted by Gasteiger charge is -2.04. The van der Waals surface area contributed by atoms with Crippen LogP contribution in [-0.2, 0) is 0 Å². The molecule has 0 unspecified atom stereocenters. The number of amides is 1. The SMILES string of the molecule is CC(C)c1ccc2cc(C(=O)NC3CC3)[nH]c2c1. The molecule has 2 aromatic rings. The zero-order chi connectivity index (χ0) is 12.7. The monoisotopic (exact) mass is 242 g/mol. The highest BCUT2D eigenvalue weighted by molar-refractivity contribution is 5.98. The molecular weight excluding hydrogens is 224 g/mol. The lowest BCUT2D eigenvalue weighted by molar-refractivity contribution is 0.0947. The minimum Gasteiger partial charge on any atom is -0.351 e. The Labute approximate surface area is 107 Å². The fraction of sp³-hybridized carbons (Fsp3) is 0.400. The van der Waals surface area contributed by atoms with E-state index in [0.29, 0.717) is 17.7 Å². The molecule has 1 aliphatic carbocycles. The molecule has 3 nitrogen and oxygen atoms in total. The van der Waals surface area contributed by atoms with Gasteiger partial charge in [0.1, 0.15) is 5.69 Å². The number of rotatable bonds is 3. The average molecular weight is 242 g/mol. The van der Waals surface area contributed by atoms with Crippen molar-refractivity contribution in [1.82, 2.24) is 10.3 Å². The summed E-state index contributed by atoms with van der Waals surface area (Å²) in [5, 5.41) is 4.10. The molecule has 2 N–H and O–H groups in total. The molecule has 1 heterocycles. The number of benzene rings is 1. The molecule has 0 radical (unpaired) electrons. The van der Waals surface area contributed by atoms with Crippen LogP contribution in [0.15, 0.2) is 24.3 Å². The molecule has 0 saturated heterocycles. The highest BCUT2D eigenvalue weighted by Gasteiger charge is 2.24. The van der Waals surface area contributed by atoms with E-state index in [1.54, 1.807) is 0 Å². The molecule has 3 heteroatoms. The maximum atomic E-state index is 11.9. The van der Waals surface area contributed by atoms with Crippen molar-refractivity contribution in [3.63, 3.8) is 0 Å².